The zero-order chi connectivity index (χ0) is 17.1. The van der Waals surface area contributed by atoms with Gasteiger partial charge in [-0.3, -0.25) is 14.3 Å². The largest absolute Gasteiger partial charge is 0.443 e. The number of nitrogens with zero attached hydrogens (tertiary/aromatic N) is 4. The molecule has 1 atom stereocenters. The number of aromatic nitrogens is 3. The summed E-state index contributed by atoms with van der Waals surface area (Å²) >= 11 is 1.38. The van der Waals surface area contributed by atoms with Gasteiger partial charge in [-0.25, -0.2) is 4.79 Å². The maximum absolute atomic E-state index is 12.0. The first-order valence-electron chi connectivity index (χ1n) is 7.38. The molecule has 0 bridgehead atoms. The number of amides is 2. The van der Waals surface area contributed by atoms with Crippen LogP contribution < -0.4 is 10.6 Å². The van der Waals surface area contributed by atoms with Crippen LogP contribution >= 0.6 is 11.8 Å². The average molecular weight is 347 g/mol. The fraction of sp³-hybridized carbons (Fsp3) is 0.333. The van der Waals surface area contributed by atoms with Crippen LogP contribution in [0.5, 0.6) is 0 Å². The normalized spacial score (nSPS) is 17.1. The number of carbonyl (C=O) groups excluding carboxylic acids is 2. The number of hydrogen-bond donors (Lipinski definition) is 1. The van der Waals surface area contributed by atoms with E-state index in [0.717, 1.165) is 5.69 Å². The molecule has 2 N–H and O–H groups in total. The Morgan fingerprint density at radius 2 is 2.12 bits per heavy atom. The van der Waals surface area contributed by atoms with Crippen molar-refractivity contribution >= 4 is 29.4 Å². The van der Waals surface area contributed by atoms with Crippen LogP contribution in [0.1, 0.15) is 5.82 Å². The highest BCUT2D eigenvalue weighted by atomic mass is 32.2. The van der Waals surface area contributed by atoms with Gasteiger partial charge in [-0.1, -0.05) is 30.0 Å². The van der Waals surface area contributed by atoms with Crippen molar-refractivity contribution in [2.24, 2.45) is 5.73 Å². The van der Waals surface area contributed by atoms with Crippen molar-refractivity contribution in [2.75, 3.05) is 17.2 Å². The lowest BCUT2D eigenvalue weighted by molar-refractivity contribution is -0.118. The van der Waals surface area contributed by atoms with E-state index < -0.39 is 5.91 Å². The molecular weight excluding hydrogens is 330 g/mol. The first-order valence-corrected chi connectivity index (χ1v) is 8.37. The number of primary amides is 1. The number of thioether (sulfide) groups is 1. The third-order valence-electron chi connectivity index (χ3n) is 3.56. The molecule has 24 heavy (non-hydrogen) atoms. The van der Waals surface area contributed by atoms with Gasteiger partial charge >= 0.3 is 6.09 Å². The highest BCUT2D eigenvalue weighted by Crippen LogP contribution is 2.25. The SMILES string of the molecule is Cc1nnc(SCC2CN(c3ccccc3)C(=O)O2)n1CC(N)=O. The standard InChI is InChI=1S/C15H17N5O3S/c1-10-17-18-14(19(10)8-13(16)21)24-9-12-7-20(15(22)23-12)11-5-3-2-4-6-11/h2-6,12H,7-9H2,1H3,(H2,16,21). The van der Waals surface area contributed by atoms with E-state index in [1.165, 1.54) is 11.8 Å². The van der Waals surface area contributed by atoms with E-state index in [9.17, 15) is 9.59 Å². The minimum absolute atomic E-state index is 0.0295. The third-order valence-corrected chi connectivity index (χ3v) is 4.65. The van der Waals surface area contributed by atoms with Gasteiger partial charge in [-0.2, -0.15) is 0 Å². The molecule has 1 aliphatic heterocycles. The lowest BCUT2D eigenvalue weighted by atomic mass is 10.3. The number of nitrogens with two attached hydrogens (primary N) is 1. The Labute approximate surface area is 143 Å². The minimum Gasteiger partial charge on any atom is -0.443 e. The molecule has 1 saturated heterocycles. The molecule has 8 nitrogen and oxygen atoms in total. The van der Waals surface area contributed by atoms with E-state index in [1.807, 2.05) is 30.3 Å². The van der Waals surface area contributed by atoms with Crippen molar-refractivity contribution in [1.82, 2.24) is 14.8 Å². The lowest BCUT2D eigenvalue weighted by Gasteiger charge is -2.12. The average Bonchev–Trinajstić information content (AvgIpc) is 3.10. The molecule has 0 spiro atoms. The first-order chi connectivity index (χ1) is 11.5. The highest BCUT2D eigenvalue weighted by Gasteiger charge is 2.32. The van der Waals surface area contributed by atoms with E-state index in [1.54, 1.807) is 16.4 Å². The van der Waals surface area contributed by atoms with Crippen molar-refractivity contribution in [3.63, 3.8) is 0 Å². The van der Waals surface area contributed by atoms with Gasteiger partial charge in [0.2, 0.25) is 5.91 Å². The maximum atomic E-state index is 12.0. The lowest BCUT2D eigenvalue weighted by Crippen LogP contribution is -2.25. The summed E-state index contributed by atoms with van der Waals surface area (Å²) in [5, 5.41) is 8.58. The van der Waals surface area contributed by atoms with Crippen LogP contribution in [0, 0.1) is 6.92 Å². The molecule has 0 saturated carbocycles. The van der Waals surface area contributed by atoms with E-state index in [-0.39, 0.29) is 18.7 Å². The summed E-state index contributed by atoms with van der Waals surface area (Å²) in [7, 11) is 0. The molecule has 9 heteroatoms. The number of benzene rings is 1. The number of aryl methyl sites for hydroxylation is 1. The molecule has 1 aromatic carbocycles. The van der Waals surface area contributed by atoms with Crippen molar-refractivity contribution in [2.45, 2.75) is 24.7 Å². The van der Waals surface area contributed by atoms with Gasteiger partial charge in [0, 0.05) is 11.4 Å². The number of carbonyl (C=O) groups is 2. The Balaban J connectivity index is 1.62. The number of cyclic esters (lactones) is 1. The number of ether oxygens (including phenoxy) is 1. The quantitative estimate of drug-likeness (QED) is 0.787. The number of anilines is 1. The minimum atomic E-state index is -0.456. The maximum Gasteiger partial charge on any atom is 0.414 e. The second-order valence-electron chi connectivity index (χ2n) is 5.35. The molecule has 0 radical (unpaired) electrons. The van der Waals surface area contributed by atoms with Gasteiger partial charge in [0.15, 0.2) is 5.16 Å². The van der Waals surface area contributed by atoms with E-state index in [2.05, 4.69) is 10.2 Å². The van der Waals surface area contributed by atoms with Crippen molar-refractivity contribution in [3.8, 4) is 0 Å². The fourth-order valence-electron chi connectivity index (χ4n) is 2.40. The molecule has 3 rings (SSSR count). The van der Waals surface area contributed by atoms with Crippen LogP contribution in [0.15, 0.2) is 35.5 Å². The highest BCUT2D eigenvalue weighted by molar-refractivity contribution is 7.99. The third kappa shape index (κ3) is 3.51. The van der Waals surface area contributed by atoms with Crippen LogP contribution in [0.3, 0.4) is 0 Å². The van der Waals surface area contributed by atoms with Crippen LogP contribution in [0.2, 0.25) is 0 Å². The Morgan fingerprint density at radius 1 is 1.38 bits per heavy atom. The summed E-state index contributed by atoms with van der Waals surface area (Å²) in [4.78, 5) is 24.7. The monoisotopic (exact) mass is 347 g/mol. The predicted octanol–water partition coefficient (Wildman–Crippen LogP) is 1.19. The summed E-state index contributed by atoms with van der Waals surface area (Å²) in [5.74, 6) is 0.680. The fourth-order valence-corrected chi connectivity index (χ4v) is 3.36. The van der Waals surface area contributed by atoms with Gasteiger partial charge in [-0.05, 0) is 19.1 Å². The summed E-state index contributed by atoms with van der Waals surface area (Å²) in [6.07, 6.45) is -0.622. The summed E-state index contributed by atoms with van der Waals surface area (Å²) in [6, 6.07) is 9.37. The van der Waals surface area contributed by atoms with Crippen molar-refractivity contribution < 1.29 is 14.3 Å². The zero-order valence-corrected chi connectivity index (χ0v) is 13.9. The topological polar surface area (TPSA) is 103 Å². The molecule has 1 aromatic heterocycles. The van der Waals surface area contributed by atoms with Gasteiger partial charge < -0.3 is 10.5 Å². The van der Waals surface area contributed by atoms with Gasteiger partial charge in [-0.15, -0.1) is 10.2 Å². The number of para-hydroxylation sites is 1. The molecule has 126 valence electrons. The Kier molecular flexibility index (Phi) is 4.70. The summed E-state index contributed by atoms with van der Waals surface area (Å²) < 4.78 is 7.05. The molecule has 1 fully saturated rings. The van der Waals surface area contributed by atoms with Crippen molar-refractivity contribution in [1.29, 1.82) is 0 Å². The molecule has 0 aliphatic carbocycles. The van der Waals surface area contributed by atoms with Gasteiger partial charge in [0.05, 0.1) is 6.54 Å². The van der Waals surface area contributed by atoms with Crippen LogP contribution in [-0.2, 0) is 16.1 Å². The van der Waals surface area contributed by atoms with Crippen LogP contribution in [-0.4, -0.2) is 45.2 Å². The zero-order valence-electron chi connectivity index (χ0n) is 13.1. The smallest absolute Gasteiger partial charge is 0.414 e. The van der Waals surface area contributed by atoms with Gasteiger partial charge in [0.25, 0.3) is 0 Å². The molecule has 1 unspecified atom stereocenters. The Hall–Kier alpha value is -2.55. The molecule has 2 heterocycles. The second-order valence-corrected chi connectivity index (χ2v) is 6.33. The second kappa shape index (κ2) is 6.91. The van der Waals surface area contributed by atoms with Gasteiger partial charge in [0.1, 0.15) is 18.5 Å². The van der Waals surface area contributed by atoms with Crippen molar-refractivity contribution in [3.05, 3.63) is 36.2 Å². The Morgan fingerprint density at radius 3 is 2.83 bits per heavy atom. The van der Waals surface area contributed by atoms with E-state index in [4.69, 9.17) is 10.5 Å². The number of rotatable bonds is 6. The van der Waals surface area contributed by atoms with E-state index in [0.29, 0.717) is 23.3 Å². The first kappa shape index (κ1) is 16.3. The van der Waals surface area contributed by atoms with Crippen LogP contribution in [0.4, 0.5) is 10.5 Å². The van der Waals surface area contributed by atoms with E-state index >= 15 is 0 Å². The summed E-state index contributed by atoms with van der Waals surface area (Å²) in [6.45, 7) is 2.26. The van der Waals surface area contributed by atoms with Crippen LogP contribution in [0.25, 0.3) is 0 Å². The molecule has 1 aliphatic rings. The Bertz CT molecular complexity index is 749. The predicted molar refractivity (Wildman–Crippen MR) is 88.7 cm³/mol. The molecule has 2 amide bonds. The number of hydrogen-bond acceptors (Lipinski definition) is 6. The molecular formula is C15H17N5O3S. The summed E-state index contributed by atoms with van der Waals surface area (Å²) in [5.41, 5.74) is 6.05. The molecule has 2 aromatic rings.